The van der Waals surface area contributed by atoms with E-state index in [1.807, 2.05) is 27.0 Å². The molecular weight excluding hydrogens is 212 g/mol. The molecule has 0 saturated carbocycles. The lowest BCUT2D eigenvalue weighted by molar-refractivity contribution is 0.292. The van der Waals surface area contributed by atoms with Crippen LogP contribution in [-0.4, -0.2) is 23.8 Å². The molecule has 4 nitrogen and oxygen atoms in total. The number of piperidine rings is 1. The highest BCUT2D eigenvalue weighted by Gasteiger charge is 2.33. The van der Waals surface area contributed by atoms with Crippen LogP contribution in [0.1, 0.15) is 40.0 Å². The predicted molar refractivity (Wildman–Crippen MR) is 67.0 cm³/mol. The van der Waals surface area contributed by atoms with E-state index in [4.69, 9.17) is 5.26 Å². The molecular formula is C13H20N4. The number of hydrogen-bond donors (Lipinski definition) is 0. The molecule has 0 spiro atoms. The Labute approximate surface area is 104 Å². The molecule has 0 aromatic carbocycles. The van der Waals surface area contributed by atoms with Crippen LogP contribution in [0.3, 0.4) is 0 Å². The van der Waals surface area contributed by atoms with E-state index in [-0.39, 0.29) is 11.3 Å². The number of amidine groups is 1. The van der Waals surface area contributed by atoms with Crippen LogP contribution in [0.15, 0.2) is 4.99 Å². The Morgan fingerprint density at radius 2 is 1.76 bits per heavy atom. The van der Waals surface area contributed by atoms with Gasteiger partial charge in [-0.3, -0.25) is 0 Å². The number of rotatable bonds is 1. The molecule has 1 saturated heterocycles. The van der Waals surface area contributed by atoms with Gasteiger partial charge in [0.2, 0.25) is 6.19 Å². The molecule has 0 amide bonds. The minimum atomic E-state index is -0.319. The summed E-state index contributed by atoms with van der Waals surface area (Å²) in [5, 5.41) is 18.1. The first-order valence-corrected chi connectivity index (χ1v) is 6.12. The van der Waals surface area contributed by atoms with Gasteiger partial charge >= 0.3 is 0 Å². The largest absolute Gasteiger partial charge is 0.358 e. The molecule has 0 N–H and O–H groups in total. The summed E-state index contributed by atoms with van der Waals surface area (Å²) in [4.78, 5) is 6.01. The summed E-state index contributed by atoms with van der Waals surface area (Å²) < 4.78 is 0. The van der Waals surface area contributed by atoms with E-state index < -0.39 is 0 Å². The van der Waals surface area contributed by atoms with Crippen molar-refractivity contribution in [1.82, 2.24) is 4.90 Å². The quantitative estimate of drug-likeness (QED) is 0.396. The molecule has 1 unspecified atom stereocenters. The van der Waals surface area contributed by atoms with E-state index in [1.54, 1.807) is 0 Å². The van der Waals surface area contributed by atoms with Crippen molar-refractivity contribution in [3.05, 3.63) is 0 Å². The number of likely N-dealkylation sites (tertiary alicyclic amines) is 1. The minimum absolute atomic E-state index is 0.193. The topological polar surface area (TPSA) is 63.2 Å². The van der Waals surface area contributed by atoms with E-state index in [0.717, 1.165) is 25.9 Å². The van der Waals surface area contributed by atoms with Gasteiger partial charge in [-0.2, -0.15) is 15.5 Å². The number of aliphatic imine (C=N–C) groups is 1. The van der Waals surface area contributed by atoms with Crippen LogP contribution >= 0.6 is 0 Å². The Balaban J connectivity index is 2.97. The molecule has 1 aliphatic heterocycles. The van der Waals surface area contributed by atoms with Gasteiger partial charge in [-0.1, -0.05) is 20.8 Å². The number of nitrogens with zero attached hydrogens (tertiary/aromatic N) is 4. The second kappa shape index (κ2) is 5.68. The Hall–Kier alpha value is -1.55. The van der Waals surface area contributed by atoms with Crippen molar-refractivity contribution in [2.24, 2.45) is 16.3 Å². The van der Waals surface area contributed by atoms with Gasteiger partial charge < -0.3 is 4.90 Å². The molecule has 1 fully saturated rings. The Morgan fingerprint density at radius 3 is 2.18 bits per heavy atom. The highest BCUT2D eigenvalue weighted by Crippen LogP contribution is 2.29. The molecule has 0 aromatic rings. The third-order valence-electron chi connectivity index (χ3n) is 3.10. The number of nitriles is 2. The van der Waals surface area contributed by atoms with Gasteiger partial charge in [0, 0.05) is 13.1 Å². The summed E-state index contributed by atoms with van der Waals surface area (Å²) in [7, 11) is 0. The molecule has 1 aliphatic rings. The van der Waals surface area contributed by atoms with Gasteiger partial charge in [0.25, 0.3) is 0 Å². The molecule has 0 bridgehead atoms. The normalized spacial score (nSPS) is 19.4. The zero-order valence-electron chi connectivity index (χ0n) is 10.9. The van der Waals surface area contributed by atoms with Crippen molar-refractivity contribution < 1.29 is 0 Å². The van der Waals surface area contributed by atoms with Crippen molar-refractivity contribution >= 4 is 5.84 Å². The lowest BCUT2D eigenvalue weighted by Gasteiger charge is -2.35. The van der Waals surface area contributed by atoms with Gasteiger partial charge in [0.05, 0.1) is 6.07 Å². The molecule has 0 radical (unpaired) electrons. The standard InChI is InChI=1S/C13H20N4/c1-13(2,3)11(9-14)12(16-10-15)17-7-5-4-6-8-17/h11H,4-8H2,1-3H3. The van der Waals surface area contributed by atoms with Crippen molar-refractivity contribution in [3.8, 4) is 12.3 Å². The van der Waals surface area contributed by atoms with Crippen molar-refractivity contribution in [2.75, 3.05) is 13.1 Å². The first kappa shape index (κ1) is 13.5. The number of hydrogen-bond acceptors (Lipinski definition) is 3. The summed E-state index contributed by atoms with van der Waals surface area (Å²) in [5.41, 5.74) is -0.193. The van der Waals surface area contributed by atoms with Crippen molar-refractivity contribution in [1.29, 1.82) is 10.5 Å². The Bertz CT molecular complexity index is 358. The summed E-state index contributed by atoms with van der Waals surface area (Å²) >= 11 is 0. The monoisotopic (exact) mass is 232 g/mol. The van der Waals surface area contributed by atoms with Crippen molar-refractivity contribution in [2.45, 2.75) is 40.0 Å². The fourth-order valence-electron chi connectivity index (χ4n) is 2.13. The average molecular weight is 232 g/mol. The van der Waals surface area contributed by atoms with Gasteiger partial charge in [0.1, 0.15) is 11.8 Å². The second-order valence-electron chi connectivity index (χ2n) is 5.55. The zero-order chi connectivity index (χ0) is 12.9. The molecule has 1 heterocycles. The minimum Gasteiger partial charge on any atom is -0.358 e. The van der Waals surface area contributed by atoms with Crippen LogP contribution in [-0.2, 0) is 0 Å². The zero-order valence-corrected chi connectivity index (χ0v) is 10.9. The Morgan fingerprint density at radius 1 is 1.18 bits per heavy atom. The van der Waals surface area contributed by atoms with Gasteiger partial charge in [0.15, 0.2) is 0 Å². The van der Waals surface area contributed by atoms with Crippen LogP contribution in [0.25, 0.3) is 0 Å². The van der Waals surface area contributed by atoms with Gasteiger partial charge in [-0.25, -0.2) is 0 Å². The van der Waals surface area contributed by atoms with E-state index in [1.165, 1.54) is 6.42 Å². The molecule has 4 heteroatoms. The maximum Gasteiger partial charge on any atom is 0.207 e. The third kappa shape index (κ3) is 3.46. The highest BCUT2D eigenvalue weighted by molar-refractivity contribution is 5.88. The van der Waals surface area contributed by atoms with Crippen LogP contribution in [0.2, 0.25) is 0 Å². The first-order chi connectivity index (χ1) is 8.00. The fourth-order valence-corrected chi connectivity index (χ4v) is 2.13. The van der Waals surface area contributed by atoms with Crippen molar-refractivity contribution in [3.63, 3.8) is 0 Å². The molecule has 0 aliphatic carbocycles. The van der Waals surface area contributed by atoms with Crippen LogP contribution in [0.4, 0.5) is 0 Å². The smallest absolute Gasteiger partial charge is 0.207 e. The molecule has 92 valence electrons. The second-order valence-corrected chi connectivity index (χ2v) is 5.55. The summed E-state index contributed by atoms with van der Waals surface area (Å²) in [5.74, 6) is 0.336. The average Bonchev–Trinajstić information content (AvgIpc) is 2.28. The van der Waals surface area contributed by atoms with Crippen LogP contribution in [0.5, 0.6) is 0 Å². The maximum absolute atomic E-state index is 9.32. The van der Waals surface area contributed by atoms with E-state index >= 15 is 0 Å². The molecule has 1 atom stereocenters. The van der Waals surface area contributed by atoms with Gasteiger partial charge in [-0.15, -0.1) is 0 Å². The SMILES string of the molecule is CC(C)(C)C(C#N)C(=NC#N)N1CCCCC1. The predicted octanol–water partition coefficient (Wildman–Crippen LogP) is 2.54. The highest BCUT2D eigenvalue weighted by atomic mass is 15.2. The molecule has 0 aromatic heterocycles. The fraction of sp³-hybridized carbons (Fsp3) is 0.769. The molecule has 17 heavy (non-hydrogen) atoms. The van der Waals surface area contributed by atoms with Crippen LogP contribution in [0, 0.1) is 34.1 Å². The Kier molecular flexibility index (Phi) is 4.52. The lowest BCUT2D eigenvalue weighted by atomic mass is 9.80. The van der Waals surface area contributed by atoms with E-state index in [0.29, 0.717) is 5.84 Å². The third-order valence-corrected chi connectivity index (χ3v) is 3.10. The summed E-state index contributed by atoms with van der Waals surface area (Å²) in [6.07, 6.45) is 5.31. The summed E-state index contributed by atoms with van der Waals surface area (Å²) in [6, 6.07) is 2.30. The van der Waals surface area contributed by atoms with E-state index in [2.05, 4.69) is 16.0 Å². The van der Waals surface area contributed by atoms with Crippen LogP contribution < -0.4 is 0 Å². The van der Waals surface area contributed by atoms with E-state index in [9.17, 15) is 5.26 Å². The maximum atomic E-state index is 9.32. The summed E-state index contributed by atoms with van der Waals surface area (Å²) in [6.45, 7) is 7.86. The first-order valence-electron chi connectivity index (χ1n) is 6.12. The molecule has 1 rings (SSSR count). The van der Waals surface area contributed by atoms with Gasteiger partial charge in [-0.05, 0) is 24.7 Å². The lowest BCUT2D eigenvalue weighted by Crippen LogP contribution is -2.43.